The highest BCUT2D eigenvalue weighted by molar-refractivity contribution is 6.19. The van der Waals surface area contributed by atoms with Crippen LogP contribution in [0.2, 0.25) is 0 Å². The number of non-ortho nitro benzene ring substituents is 1. The summed E-state index contributed by atoms with van der Waals surface area (Å²) < 4.78 is 2.14. The lowest BCUT2D eigenvalue weighted by Gasteiger charge is -2.08. The average Bonchev–Trinajstić information content (AvgIpc) is 3.12. The largest absolute Gasteiger partial charge is 0.317 e. The monoisotopic (exact) mass is 338 g/mol. The Morgan fingerprint density at radius 3 is 2.35 bits per heavy atom. The Morgan fingerprint density at radius 1 is 0.731 bits per heavy atom. The van der Waals surface area contributed by atoms with E-state index < -0.39 is 0 Å². The maximum Gasteiger partial charge on any atom is 0.277 e. The number of benzene rings is 4. The van der Waals surface area contributed by atoms with Crippen molar-refractivity contribution in [2.45, 2.75) is 0 Å². The number of nitro benzene ring substituents is 1. The van der Waals surface area contributed by atoms with Gasteiger partial charge >= 0.3 is 0 Å². The zero-order chi connectivity index (χ0) is 17.7. The van der Waals surface area contributed by atoms with Gasteiger partial charge in [0.25, 0.3) is 5.69 Å². The van der Waals surface area contributed by atoms with Gasteiger partial charge in [0.1, 0.15) is 0 Å². The molecule has 0 amide bonds. The Morgan fingerprint density at radius 2 is 1.54 bits per heavy atom. The molecule has 5 aromatic rings. The van der Waals surface area contributed by atoms with Gasteiger partial charge in [-0.25, -0.2) is 0 Å². The van der Waals surface area contributed by atoms with Crippen LogP contribution in [0.3, 0.4) is 0 Å². The van der Waals surface area contributed by atoms with Gasteiger partial charge in [-0.1, -0.05) is 48.5 Å². The predicted molar refractivity (Wildman–Crippen MR) is 105 cm³/mol. The van der Waals surface area contributed by atoms with Crippen LogP contribution in [0.4, 0.5) is 5.69 Å². The van der Waals surface area contributed by atoms with Crippen LogP contribution in [0.15, 0.2) is 85.1 Å². The maximum absolute atomic E-state index is 11.5. The summed E-state index contributed by atoms with van der Waals surface area (Å²) in [6, 6.07) is 25.5. The van der Waals surface area contributed by atoms with Crippen molar-refractivity contribution in [3.8, 4) is 5.69 Å². The van der Waals surface area contributed by atoms with Crippen LogP contribution in [-0.2, 0) is 0 Å². The zero-order valence-electron chi connectivity index (χ0n) is 13.8. The molecule has 0 saturated carbocycles. The van der Waals surface area contributed by atoms with Crippen LogP contribution in [0.5, 0.6) is 0 Å². The smallest absolute Gasteiger partial charge is 0.277 e. The molecule has 26 heavy (non-hydrogen) atoms. The molecule has 0 radical (unpaired) electrons. The molecule has 5 rings (SSSR count). The molecule has 4 aromatic carbocycles. The quantitative estimate of drug-likeness (QED) is 0.230. The predicted octanol–water partition coefficient (Wildman–Crippen LogP) is 5.85. The topological polar surface area (TPSA) is 48.1 Å². The highest BCUT2D eigenvalue weighted by atomic mass is 16.6. The van der Waals surface area contributed by atoms with Crippen molar-refractivity contribution in [3.63, 3.8) is 0 Å². The van der Waals surface area contributed by atoms with Crippen LogP contribution >= 0.6 is 0 Å². The second kappa shape index (κ2) is 5.43. The van der Waals surface area contributed by atoms with Crippen molar-refractivity contribution in [2.24, 2.45) is 0 Å². The van der Waals surface area contributed by atoms with E-state index in [1.54, 1.807) is 12.1 Å². The molecule has 0 aliphatic heterocycles. The normalized spacial score (nSPS) is 11.4. The summed E-state index contributed by atoms with van der Waals surface area (Å²) in [6.45, 7) is 0. The van der Waals surface area contributed by atoms with Crippen LogP contribution in [0.1, 0.15) is 0 Å². The van der Waals surface area contributed by atoms with Gasteiger partial charge in [-0.2, -0.15) is 0 Å². The molecular weight excluding hydrogens is 324 g/mol. The Bertz CT molecular complexity index is 1300. The molecule has 4 nitrogen and oxygen atoms in total. The molecule has 124 valence electrons. The molecule has 0 N–H and O–H groups in total. The van der Waals surface area contributed by atoms with Crippen molar-refractivity contribution in [1.82, 2.24) is 4.57 Å². The molecule has 0 spiro atoms. The van der Waals surface area contributed by atoms with E-state index in [9.17, 15) is 10.1 Å². The van der Waals surface area contributed by atoms with Crippen molar-refractivity contribution in [1.29, 1.82) is 0 Å². The standard InChI is InChI=1S/C22H14N2O2/c25-24(26)21-8-4-5-15-9-10-17-18-13-14-23(16-6-2-1-3-7-16)20(18)12-11-19(17)22(15)21/h1-14H. The van der Waals surface area contributed by atoms with Crippen molar-refractivity contribution in [3.05, 3.63) is 95.2 Å². The molecular formula is C22H14N2O2. The van der Waals surface area contributed by atoms with Gasteiger partial charge in [0.15, 0.2) is 0 Å². The minimum Gasteiger partial charge on any atom is -0.317 e. The maximum atomic E-state index is 11.5. The first-order chi connectivity index (χ1) is 12.7. The summed E-state index contributed by atoms with van der Waals surface area (Å²) in [4.78, 5) is 11.2. The van der Waals surface area contributed by atoms with E-state index >= 15 is 0 Å². The Balaban J connectivity index is 1.89. The van der Waals surface area contributed by atoms with Crippen molar-refractivity contribution >= 4 is 38.1 Å². The number of para-hydroxylation sites is 1. The van der Waals surface area contributed by atoms with Crippen molar-refractivity contribution in [2.75, 3.05) is 0 Å². The number of fused-ring (bicyclic) bond motifs is 5. The number of nitro groups is 1. The molecule has 0 aliphatic carbocycles. The fourth-order valence-corrected chi connectivity index (χ4v) is 3.77. The third-order valence-corrected chi connectivity index (χ3v) is 4.92. The number of hydrogen-bond donors (Lipinski definition) is 0. The average molecular weight is 338 g/mol. The summed E-state index contributed by atoms with van der Waals surface area (Å²) in [6.07, 6.45) is 2.04. The fraction of sp³-hybridized carbons (Fsp3) is 0. The summed E-state index contributed by atoms with van der Waals surface area (Å²) >= 11 is 0. The summed E-state index contributed by atoms with van der Waals surface area (Å²) in [5.74, 6) is 0. The molecule has 0 bridgehead atoms. The highest BCUT2D eigenvalue weighted by Gasteiger charge is 2.16. The van der Waals surface area contributed by atoms with Gasteiger partial charge in [0, 0.05) is 23.3 Å². The summed E-state index contributed by atoms with van der Waals surface area (Å²) in [7, 11) is 0. The second-order valence-corrected chi connectivity index (χ2v) is 6.31. The van der Waals surface area contributed by atoms with E-state index in [1.165, 1.54) is 0 Å². The molecule has 1 aromatic heterocycles. The van der Waals surface area contributed by atoms with Crippen molar-refractivity contribution < 1.29 is 4.92 Å². The number of aromatic nitrogens is 1. The molecule has 4 heteroatoms. The van der Waals surface area contributed by atoms with Gasteiger partial charge < -0.3 is 4.57 Å². The second-order valence-electron chi connectivity index (χ2n) is 6.31. The molecule has 0 saturated heterocycles. The third kappa shape index (κ3) is 2.02. The van der Waals surface area contributed by atoms with Crippen LogP contribution in [-0.4, -0.2) is 9.49 Å². The fourth-order valence-electron chi connectivity index (χ4n) is 3.77. The molecule has 1 heterocycles. The number of rotatable bonds is 2. The first-order valence-corrected chi connectivity index (χ1v) is 8.39. The first kappa shape index (κ1) is 14.7. The molecule has 0 fully saturated rings. The van der Waals surface area contributed by atoms with Crippen LogP contribution in [0.25, 0.3) is 38.1 Å². The van der Waals surface area contributed by atoms with Gasteiger partial charge in [0.05, 0.1) is 15.8 Å². The van der Waals surface area contributed by atoms with E-state index in [-0.39, 0.29) is 10.6 Å². The van der Waals surface area contributed by atoms with E-state index in [4.69, 9.17) is 0 Å². The summed E-state index contributed by atoms with van der Waals surface area (Å²) in [5, 5.41) is 16.1. The number of nitrogens with zero attached hydrogens (tertiary/aromatic N) is 2. The van der Waals surface area contributed by atoms with Gasteiger partial charge in [0.2, 0.25) is 0 Å². The van der Waals surface area contributed by atoms with Gasteiger partial charge in [-0.15, -0.1) is 0 Å². The van der Waals surface area contributed by atoms with Crippen LogP contribution in [0, 0.1) is 10.1 Å². The minimum atomic E-state index is -0.304. The van der Waals surface area contributed by atoms with Crippen LogP contribution < -0.4 is 0 Å². The number of hydrogen-bond acceptors (Lipinski definition) is 2. The zero-order valence-corrected chi connectivity index (χ0v) is 13.8. The first-order valence-electron chi connectivity index (χ1n) is 8.39. The van der Waals surface area contributed by atoms with E-state index in [1.807, 2.05) is 48.7 Å². The lowest BCUT2D eigenvalue weighted by Crippen LogP contribution is -1.92. The van der Waals surface area contributed by atoms with Gasteiger partial charge in [-0.05, 0) is 40.4 Å². The SMILES string of the molecule is O=[N+]([O-])c1cccc2ccc3c(ccc4c3ccn4-c3ccccc3)c12. The minimum absolute atomic E-state index is 0.148. The van der Waals surface area contributed by atoms with E-state index in [0.29, 0.717) is 5.39 Å². The van der Waals surface area contributed by atoms with Gasteiger partial charge in [-0.3, -0.25) is 10.1 Å². The lowest BCUT2D eigenvalue weighted by molar-refractivity contribution is -0.383. The summed E-state index contributed by atoms with van der Waals surface area (Å²) in [5.41, 5.74) is 2.32. The Labute approximate surface area is 149 Å². The van der Waals surface area contributed by atoms with E-state index in [2.05, 4.69) is 28.8 Å². The lowest BCUT2D eigenvalue weighted by atomic mass is 9.98. The molecule has 0 aliphatic rings. The van der Waals surface area contributed by atoms with E-state index in [0.717, 1.165) is 32.7 Å². The molecule has 0 atom stereocenters. The Kier molecular flexibility index (Phi) is 3.06. The highest BCUT2D eigenvalue weighted by Crippen LogP contribution is 2.36. The molecule has 0 unspecified atom stereocenters. The third-order valence-electron chi connectivity index (χ3n) is 4.92. The Hall–Kier alpha value is -3.66.